The van der Waals surface area contributed by atoms with Gasteiger partial charge in [0.15, 0.2) is 11.3 Å². The molecule has 0 saturated carbocycles. The van der Waals surface area contributed by atoms with Gasteiger partial charge in [-0.2, -0.15) is 0 Å². The summed E-state index contributed by atoms with van der Waals surface area (Å²) in [5.41, 5.74) is 8.93. The van der Waals surface area contributed by atoms with Crippen molar-refractivity contribution in [3.05, 3.63) is 214 Å². The zero-order chi connectivity index (χ0) is 76.4. The van der Waals surface area contributed by atoms with Gasteiger partial charge >= 0.3 is 0 Å². The van der Waals surface area contributed by atoms with Crippen molar-refractivity contribution in [1.29, 1.82) is 0 Å². The van der Waals surface area contributed by atoms with Crippen LogP contribution in [0.3, 0.4) is 0 Å². The maximum absolute atomic E-state index is 14.1. The first-order valence-corrected chi connectivity index (χ1v) is 37.4. The van der Waals surface area contributed by atoms with Crippen LogP contribution in [0.1, 0.15) is 140 Å². The molecular weight excluding hydrogens is 1420 g/mol. The minimum atomic E-state index is -1.00. The van der Waals surface area contributed by atoms with Crippen LogP contribution in [0.25, 0.3) is 34.1 Å². The summed E-state index contributed by atoms with van der Waals surface area (Å²) in [5, 5.41) is 17.7. The van der Waals surface area contributed by atoms with Gasteiger partial charge in [-0.1, -0.05) is 67.0 Å². The fraction of sp³-hybridized carbons (Fsp3) is 0.301. The van der Waals surface area contributed by atoms with Crippen LogP contribution in [0.2, 0.25) is 0 Å². The minimum absolute atomic E-state index is 0.0512. The Morgan fingerprint density at radius 2 is 0.910 bits per heavy atom. The topological polar surface area (TPSA) is 281 Å². The first kappa shape index (κ1) is 72.3. The van der Waals surface area contributed by atoms with Crippen LogP contribution in [-0.4, -0.2) is 185 Å². The van der Waals surface area contributed by atoms with E-state index in [0.29, 0.717) is 24.1 Å². The molecule has 18 rings (SSSR count). The number of anilines is 4. The number of carbonyl (C=O) groups excluding carboxylic acids is 8. The number of imidazole rings is 2. The minimum Gasteiger partial charge on any atom is -0.354 e. The molecule has 111 heavy (non-hydrogen) atoms. The number of nitrogens with zero attached hydrogens (tertiary/aromatic N) is 15. The molecular formula is C83H76F2N18O8. The molecule has 4 aromatic carbocycles. The lowest BCUT2D eigenvalue weighted by molar-refractivity contribution is -0.137. The van der Waals surface area contributed by atoms with Crippen LogP contribution in [0.5, 0.6) is 0 Å². The van der Waals surface area contributed by atoms with Gasteiger partial charge in [-0.3, -0.25) is 63.7 Å². The van der Waals surface area contributed by atoms with Crippen molar-refractivity contribution < 1.29 is 47.1 Å². The van der Waals surface area contributed by atoms with E-state index in [2.05, 4.69) is 80.2 Å². The standard InChI is InChI=1S/C41H36FN9O4.C25H26FN7.C17H14N2O4/c42-28-7-1-6-27(24-28)32-9-4-18-49(32)37-15-14-35-43-25-34(51(35)46-37)31-8-2-10-36(44-31)48-21-19-47(20-22-48)17-3-5-26-11-12-29-30(23-26)41(55)50(40(29)54)33-13-16-38(52)45-39(33)53;26-19-5-1-4-18(16-19)21-7-3-13-32(21)25-10-9-23-28-17-22(33(23)30-25)20-6-2-8-24(29-20)31-14-11-27-12-15-31;1-2-3-4-10-5-6-11-12(9-10)17(23)19(16(11)22)13-7-8-14(20)18-15(13)21/h1-2,6-8,10-12,14-15,23-25,32-33H,4,9,13,16-22H2,(H,45,52,53);1-2,4-6,8-10,16-17,21,27H,3,7,11-15H2;5-6,9,13H,2,7-8H2,1H3,(H,18,20,21)/t32-,33?;21-;/m11./s1. The van der Waals surface area contributed by atoms with E-state index in [1.54, 1.807) is 66.9 Å². The fourth-order valence-electron chi connectivity index (χ4n) is 15.6. The van der Waals surface area contributed by atoms with Gasteiger partial charge in [0.25, 0.3) is 23.6 Å². The van der Waals surface area contributed by atoms with E-state index in [1.165, 1.54) is 12.1 Å². The second-order valence-corrected chi connectivity index (χ2v) is 28.2. The number of rotatable bonds is 11. The third-order valence-electron chi connectivity index (χ3n) is 21.2. The van der Waals surface area contributed by atoms with Crippen molar-refractivity contribution in [2.75, 3.05) is 91.6 Å². The van der Waals surface area contributed by atoms with Gasteiger partial charge in [-0.25, -0.2) is 37.7 Å². The van der Waals surface area contributed by atoms with E-state index < -0.39 is 53.4 Å². The molecule has 6 saturated heterocycles. The Kier molecular flexibility index (Phi) is 20.4. The molecule has 26 nitrogen and oxygen atoms in total. The maximum atomic E-state index is 14.1. The highest BCUT2D eigenvalue weighted by Crippen LogP contribution is 2.39. The monoisotopic (exact) mass is 1490 g/mol. The number of benzene rings is 4. The normalized spacial score (nSPS) is 19.8. The van der Waals surface area contributed by atoms with Crippen LogP contribution in [0.15, 0.2) is 158 Å². The average molecular weight is 1490 g/mol. The van der Waals surface area contributed by atoms with Gasteiger partial charge in [0.1, 0.15) is 58.4 Å². The van der Waals surface area contributed by atoms with Crippen molar-refractivity contribution in [2.24, 2.45) is 0 Å². The Balaban J connectivity index is 0.000000141. The average Bonchev–Trinajstić information content (AvgIpc) is 1.63. The summed E-state index contributed by atoms with van der Waals surface area (Å²) in [7, 11) is 0. The number of imide groups is 4. The Hall–Kier alpha value is -12.9. The second kappa shape index (κ2) is 31.3. The van der Waals surface area contributed by atoms with E-state index in [0.717, 1.165) is 169 Å². The summed E-state index contributed by atoms with van der Waals surface area (Å²) in [6.07, 6.45) is 8.71. The highest BCUT2D eigenvalue weighted by atomic mass is 19.1. The molecule has 14 heterocycles. The van der Waals surface area contributed by atoms with E-state index in [-0.39, 0.29) is 77.6 Å². The van der Waals surface area contributed by atoms with E-state index in [9.17, 15) is 47.1 Å². The summed E-state index contributed by atoms with van der Waals surface area (Å²) in [4.78, 5) is 131. The summed E-state index contributed by atoms with van der Waals surface area (Å²) < 4.78 is 31.6. The Bertz CT molecular complexity index is 5530. The molecule has 10 aromatic rings. The molecule has 4 atom stereocenters. The lowest BCUT2D eigenvalue weighted by atomic mass is 10.0. The third kappa shape index (κ3) is 14.9. The van der Waals surface area contributed by atoms with Gasteiger partial charge in [-0.05, 0) is 159 Å². The smallest absolute Gasteiger partial charge is 0.262 e. The highest BCUT2D eigenvalue weighted by Gasteiger charge is 2.46. The number of carbonyl (C=O) groups is 8. The van der Waals surface area contributed by atoms with Crippen LogP contribution in [0.4, 0.5) is 32.1 Å². The summed E-state index contributed by atoms with van der Waals surface area (Å²) in [6.45, 7) is 11.1. The predicted octanol–water partition coefficient (Wildman–Crippen LogP) is 8.38. The van der Waals surface area contributed by atoms with E-state index in [4.69, 9.17) is 20.2 Å². The number of amides is 8. The summed E-state index contributed by atoms with van der Waals surface area (Å²) in [5.74, 6) is 11.1. The number of piperazine rings is 2. The van der Waals surface area contributed by atoms with Crippen molar-refractivity contribution in [2.45, 2.75) is 88.9 Å². The van der Waals surface area contributed by atoms with E-state index >= 15 is 0 Å². The van der Waals surface area contributed by atoms with Crippen LogP contribution in [0, 0.1) is 35.3 Å². The fourth-order valence-corrected chi connectivity index (χ4v) is 15.6. The van der Waals surface area contributed by atoms with Gasteiger partial charge in [0.05, 0.1) is 64.7 Å². The summed E-state index contributed by atoms with van der Waals surface area (Å²) >= 11 is 0. The Morgan fingerprint density at radius 3 is 1.38 bits per heavy atom. The summed E-state index contributed by atoms with van der Waals surface area (Å²) in [6, 6.07) is 41.7. The largest absolute Gasteiger partial charge is 0.354 e. The second-order valence-electron chi connectivity index (χ2n) is 28.2. The number of nitrogens with one attached hydrogen (secondary N) is 3. The number of pyridine rings is 2. The molecule has 3 N–H and O–H groups in total. The first-order valence-electron chi connectivity index (χ1n) is 37.4. The number of hydrogen-bond acceptors (Lipinski definition) is 20. The molecule has 8 amide bonds. The molecule has 0 bridgehead atoms. The quantitative estimate of drug-likeness (QED) is 0.0809. The molecule has 2 unspecified atom stereocenters. The van der Waals surface area contributed by atoms with Crippen molar-refractivity contribution in [3.63, 3.8) is 0 Å². The molecule has 560 valence electrons. The van der Waals surface area contributed by atoms with Gasteiger partial charge in [0.2, 0.25) is 23.6 Å². The van der Waals surface area contributed by atoms with Crippen LogP contribution >= 0.6 is 0 Å². The van der Waals surface area contributed by atoms with Gasteiger partial charge in [0, 0.05) is 95.8 Å². The predicted molar refractivity (Wildman–Crippen MR) is 408 cm³/mol. The lowest BCUT2D eigenvalue weighted by Gasteiger charge is -2.34. The van der Waals surface area contributed by atoms with Gasteiger partial charge < -0.3 is 24.9 Å². The van der Waals surface area contributed by atoms with Crippen LogP contribution in [-0.2, 0) is 19.2 Å². The molecule has 0 aliphatic carbocycles. The number of halogens is 2. The highest BCUT2D eigenvalue weighted by molar-refractivity contribution is 6.24. The molecule has 0 radical (unpaired) electrons. The van der Waals surface area contributed by atoms with E-state index in [1.807, 2.05) is 88.9 Å². The Labute approximate surface area is 636 Å². The first-order chi connectivity index (χ1) is 54.1. The maximum Gasteiger partial charge on any atom is 0.262 e. The zero-order valence-corrected chi connectivity index (χ0v) is 60.7. The molecule has 0 spiro atoms. The molecule has 6 fully saturated rings. The Morgan fingerprint density at radius 1 is 0.450 bits per heavy atom. The number of aromatic nitrogens is 8. The molecule has 6 aromatic heterocycles. The van der Waals surface area contributed by atoms with Crippen molar-refractivity contribution >= 4 is 81.8 Å². The molecule has 8 aliphatic heterocycles. The number of hydrogen-bond donors (Lipinski definition) is 3. The number of fused-ring (bicyclic) bond motifs is 4. The zero-order valence-electron chi connectivity index (χ0n) is 60.7. The molecule has 8 aliphatic rings. The third-order valence-corrected chi connectivity index (χ3v) is 21.2. The van der Waals surface area contributed by atoms with Crippen molar-refractivity contribution in [3.8, 4) is 46.5 Å². The van der Waals surface area contributed by atoms with Crippen LogP contribution < -0.4 is 35.6 Å². The lowest BCUT2D eigenvalue weighted by Crippen LogP contribution is -2.54. The van der Waals surface area contributed by atoms with Crippen molar-refractivity contribution in [1.82, 2.24) is 69.8 Å². The molecule has 28 heteroatoms. The van der Waals surface area contributed by atoms with Gasteiger partial charge in [-0.15, -0.1) is 10.2 Å². The number of piperidine rings is 2. The SMILES string of the molecule is CCC#Cc1ccc2c(c1)C(=O)N(C1CCC(=O)NC1=O)C2=O.Fc1cccc([C@H]2CCCN2c2ccc3ncc(-c4cccc(N5CCNCC5)n4)n3n2)c1.O=C1CCC(N2C(=O)c3ccc(C#CCN4CCN(c5cccc(-c6cnc7ccc(N8CCC[C@@H]8c8cccc(F)c8)nn67)n5)CC4)cc3C2=O)C(=O)N1.